The lowest BCUT2D eigenvalue weighted by molar-refractivity contribution is -0.124. The molecule has 0 aromatic heterocycles. The average molecular weight is 194 g/mol. The zero-order valence-corrected chi connectivity index (χ0v) is 8.52. The summed E-state index contributed by atoms with van der Waals surface area (Å²) in [4.78, 5) is 11.2. The molecule has 0 radical (unpaired) electrons. The van der Waals surface area contributed by atoms with Gasteiger partial charge in [0, 0.05) is 24.9 Å². The molecule has 0 saturated heterocycles. The molecular formula is C8H16ClNO2. The van der Waals surface area contributed by atoms with Gasteiger partial charge in [-0.25, -0.2) is 0 Å². The Labute approximate surface area is 78.4 Å². The maximum atomic E-state index is 11.2. The molecule has 12 heavy (non-hydrogen) atoms. The molecule has 0 fully saturated rings. The van der Waals surface area contributed by atoms with Gasteiger partial charge in [0.05, 0.1) is 6.61 Å². The number of halogens is 1. The van der Waals surface area contributed by atoms with Gasteiger partial charge < -0.3 is 10.1 Å². The number of ether oxygens (including phenoxy) is 1. The van der Waals surface area contributed by atoms with Gasteiger partial charge in [-0.05, 0) is 6.92 Å². The number of alkyl halides is 1. The number of rotatable bonds is 5. The molecule has 0 aromatic carbocycles. The lowest BCUT2D eigenvalue weighted by atomic mass is 10.2. The number of hydrogen-bond acceptors (Lipinski definition) is 2. The molecule has 0 aromatic rings. The summed E-state index contributed by atoms with van der Waals surface area (Å²) in [7, 11) is 1.60. The second-order valence-corrected chi connectivity index (χ2v) is 3.23. The Balaban J connectivity index is 3.67. The molecular weight excluding hydrogens is 178 g/mol. The molecule has 0 rings (SSSR count). The standard InChI is InChI=1S/C8H16ClNO2/c1-6(4-9)8(11)10-7(2)5-12-3/h6-7H,4-5H2,1-3H3,(H,10,11). The highest BCUT2D eigenvalue weighted by Crippen LogP contribution is 1.98. The van der Waals surface area contributed by atoms with Crippen molar-refractivity contribution >= 4 is 17.5 Å². The van der Waals surface area contributed by atoms with Gasteiger partial charge in [0.2, 0.25) is 5.91 Å². The number of nitrogens with one attached hydrogen (secondary N) is 1. The van der Waals surface area contributed by atoms with Crippen molar-refractivity contribution in [1.29, 1.82) is 0 Å². The van der Waals surface area contributed by atoms with Crippen LogP contribution in [0.4, 0.5) is 0 Å². The van der Waals surface area contributed by atoms with Gasteiger partial charge in [0.1, 0.15) is 0 Å². The SMILES string of the molecule is COCC(C)NC(=O)C(C)CCl. The van der Waals surface area contributed by atoms with Crippen LogP contribution in [0.5, 0.6) is 0 Å². The molecule has 1 amide bonds. The van der Waals surface area contributed by atoms with Crippen molar-refractivity contribution in [2.75, 3.05) is 19.6 Å². The molecule has 2 unspecified atom stereocenters. The van der Waals surface area contributed by atoms with Crippen molar-refractivity contribution < 1.29 is 9.53 Å². The second kappa shape index (κ2) is 6.26. The van der Waals surface area contributed by atoms with E-state index in [0.717, 1.165) is 0 Å². The van der Waals surface area contributed by atoms with Crippen LogP contribution in [0.25, 0.3) is 0 Å². The van der Waals surface area contributed by atoms with Gasteiger partial charge in [-0.3, -0.25) is 4.79 Å². The third kappa shape index (κ3) is 4.57. The van der Waals surface area contributed by atoms with Crippen LogP contribution in [0.2, 0.25) is 0 Å². The summed E-state index contributed by atoms with van der Waals surface area (Å²) in [6.45, 7) is 4.21. The van der Waals surface area contributed by atoms with Crippen LogP contribution in [0.1, 0.15) is 13.8 Å². The Kier molecular flexibility index (Phi) is 6.11. The summed E-state index contributed by atoms with van der Waals surface area (Å²) >= 11 is 5.52. The van der Waals surface area contributed by atoms with Crippen LogP contribution in [0.3, 0.4) is 0 Å². The highest BCUT2D eigenvalue weighted by Gasteiger charge is 2.13. The second-order valence-electron chi connectivity index (χ2n) is 2.92. The van der Waals surface area contributed by atoms with Crippen molar-refractivity contribution in [2.24, 2.45) is 5.92 Å². The molecule has 0 bridgehead atoms. The van der Waals surface area contributed by atoms with Crippen molar-refractivity contribution in [3.05, 3.63) is 0 Å². The number of carbonyl (C=O) groups is 1. The van der Waals surface area contributed by atoms with E-state index in [0.29, 0.717) is 12.5 Å². The summed E-state index contributed by atoms with van der Waals surface area (Å²) in [5, 5.41) is 2.78. The van der Waals surface area contributed by atoms with Crippen LogP contribution >= 0.6 is 11.6 Å². The van der Waals surface area contributed by atoms with E-state index in [2.05, 4.69) is 5.32 Å². The fourth-order valence-electron chi connectivity index (χ4n) is 0.747. The number of amides is 1. The zero-order chi connectivity index (χ0) is 9.56. The highest BCUT2D eigenvalue weighted by molar-refractivity contribution is 6.19. The molecule has 3 nitrogen and oxygen atoms in total. The molecule has 0 aliphatic carbocycles. The largest absolute Gasteiger partial charge is 0.383 e. The van der Waals surface area contributed by atoms with Gasteiger partial charge in [0.25, 0.3) is 0 Å². The predicted molar refractivity (Wildman–Crippen MR) is 49.4 cm³/mol. The Hall–Kier alpha value is -0.280. The van der Waals surface area contributed by atoms with Crippen LogP contribution in [0.15, 0.2) is 0 Å². The lowest BCUT2D eigenvalue weighted by Crippen LogP contribution is -2.39. The van der Waals surface area contributed by atoms with Gasteiger partial charge >= 0.3 is 0 Å². The van der Waals surface area contributed by atoms with E-state index < -0.39 is 0 Å². The Bertz CT molecular complexity index is 141. The molecule has 4 heteroatoms. The summed E-state index contributed by atoms with van der Waals surface area (Å²) in [5.74, 6) is 0.200. The van der Waals surface area contributed by atoms with Crippen molar-refractivity contribution in [3.8, 4) is 0 Å². The maximum absolute atomic E-state index is 11.2. The minimum Gasteiger partial charge on any atom is -0.383 e. The predicted octanol–water partition coefficient (Wildman–Crippen LogP) is 1.01. The van der Waals surface area contributed by atoms with Crippen molar-refractivity contribution in [3.63, 3.8) is 0 Å². The first-order valence-electron chi connectivity index (χ1n) is 3.97. The van der Waals surface area contributed by atoms with E-state index in [1.165, 1.54) is 0 Å². The summed E-state index contributed by atoms with van der Waals surface area (Å²) in [6, 6.07) is 0.0492. The normalized spacial score (nSPS) is 15.3. The van der Waals surface area contributed by atoms with E-state index in [9.17, 15) is 4.79 Å². The van der Waals surface area contributed by atoms with Crippen LogP contribution in [-0.2, 0) is 9.53 Å². The van der Waals surface area contributed by atoms with Gasteiger partial charge in [0.15, 0.2) is 0 Å². The number of hydrogen-bond donors (Lipinski definition) is 1. The number of carbonyl (C=O) groups excluding carboxylic acids is 1. The molecule has 1 N–H and O–H groups in total. The third-order valence-electron chi connectivity index (χ3n) is 1.48. The van der Waals surface area contributed by atoms with Crippen LogP contribution < -0.4 is 5.32 Å². The van der Waals surface area contributed by atoms with Crippen LogP contribution in [-0.4, -0.2) is 31.5 Å². The summed E-state index contributed by atoms with van der Waals surface area (Å²) in [5.41, 5.74) is 0. The first-order chi connectivity index (χ1) is 5.61. The zero-order valence-electron chi connectivity index (χ0n) is 7.76. The minimum absolute atomic E-state index is 0.0189. The Morgan fingerprint density at radius 2 is 2.17 bits per heavy atom. The third-order valence-corrected chi connectivity index (χ3v) is 1.95. The van der Waals surface area contributed by atoms with Crippen LogP contribution in [0, 0.1) is 5.92 Å². The van der Waals surface area contributed by atoms with Gasteiger partial charge in [-0.2, -0.15) is 0 Å². The monoisotopic (exact) mass is 193 g/mol. The number of methoxy groups -OCH3 is 1. The first-order valence-corrected chi connectivity index (χ1v) is 4.50. The summed E-state index contributed by atoms with van der Waals surface area (Å²) < 4.78 is 4.87. The van der Waals surface area contributed by atoms with E-state index in [1.807, 2.05) is 6.92 Å². The van der Waals surface area contributed by atoms with Gasteiger partial charge in [-0.1, -0.05) is 6.92 Å². The van der Waals surface area contributed by atoms with Crippen molar-refractivity contribution in [1.82, 2.24) is 5.32 Å². The fraction of sp³-hybridized carbons (Fsp3) is 0.875. The van der Waals surface area contributed by atoms with E-state index in [1.54, 1.807) is 14.0 Å². The average Bonchev–Trinajstić information content (AvgIpc) is 2.03. The lowest BCUT2D eigenvalue weighted by Gasteiger charge is -2.15. The van der Waals surface area contributed by atoms with E-state index in [4.69, 9.17) is 16.3 Å². The fourth-order valence-corrected chi connectivity index (χ4v) is 0.887. The molecule has 72 valence electrons. The minimum atomic E-state index is -0.133. The quantitative estimate of drug-likeness (QED) is 0.662. The molecule has 0 aliphatic heterocycles. The topological polar surface area (TPSA) is 38.3 Å². The molecule has 2 atom stereocenters. The first kappa shape index (κ1) is 11.7. The molecule has 0 heterocycles. The summed E-state index contributed by atoms with van der Waals surface area (Å²) in [6.07, 6.45) is 0. The maximum Gasteiger partial charge on any atom is 0.224 e. The van der Waals surface area contributed by atoms with Crippen molar-refractivity contribution in [2.45, 2.75) is 19.9 Å². The molecule has 0 saturated carbocycles. The Morgan fingerprint density at radius 3 is 2.58 bits per heavy atom. The highest BCUT2D eigenvalue weighted by atomic mass is 35.5. The van der Waals surface area contributed by atoms with E-state index >= 15 is 0 Å². The Morgan fingerprint density at radius 1 is 1.58 bits per heavy atom. The van der Waals surface area contributed by atoms with Gasteiger partial charge in [-0.15, -0.1) is 11.6 Å². The molecule has 0 aliphatic rings. The molecule has 0 spiro atoms. The smallest absolute Gasteiger partial charge is 0.224 e. The van der Waals surface area contributed by atoms with E-state index in [-0.39, 0.29) is 17.9 Å².